The van der Waals surface area contributed by atoms with Gasteiger partial charge in [0.2, 0.25) is 5.28 Å². The number of nitrogen functional groups attached to an aromatic ring is 1. The van der Waals surface area contributed by atoms with Crippen LogP contribution in [-0.4, -0.2) is 16.0 Å². The Balaban J connectivity index is 2.79. The minimum absolute atomic E-state index is 0.177. The number of hydrogen-bond donors (Lipinski definition) is 2. The quantitative estimate of drug-likeness (QED) is 0.778. The summed E-state index contributed by atoms with van der Waals surface area (Å²) in [6.45, 7) is 6.45. The summed E-state index contributed by atoms with van der Waals surface area (Å²) >= 11 is 5.71. The van der Waals surface area contributed by atoms with E-state index in [1.165, 1.54) is 0 Å². The second-order valence-corrected chi connectivity index (χ2v) is 4.19. The van der Waals surface area contributed by atoms with Gasteiger partial charge in [0.15, 0.2) is 0 Å². The van der Waals surface area contributed by atoms with Crippen LogP contribution in [0.2, 0.25) is 5.28 Å². The highest BCUT2D eigenvalue weighted by molar-refractivity contribution is 6.28. The van der Waals surface area contributed by atoms with Crippen LogP contribution in [0.25, 0.3) is 0 Å². The van der Waals surface area contributed by atoms with Crippen LogP contribution in [0.4, 0.5) is 11.6 Å². The Bertz CT molecular complexity index is 307. The molecular weight excluding hydrogens is 212 g/mol. The lowest BCUT2D eigenvalue weighted by molar-refractivity contribution is 0.510. The average Bonchev–Trinajstić information content (AvgIpc) is 2.12. The molecule has 1 aromatic heterocycles. The zero-order chi connectivity index (χ0) is 11.4. The van der Waals surface area contributed by atoms with Crippen molar-refractivity contribution in [2.75, 3.05) is 11.1 Å². The minimum Gasteiger partial charge on any atom is -0.383 e. The van der Waals surface area contributed by atoms with E-state index in [0.29, 0.717) is 23.6 Å². The van der Waals surface area contributed by atoms with E-state index in [9.17, 15) is 0 Å². The molecule has 1 unspecified atom stereocenters. The molecule has 0 amide bonds. The molecule has 3 N–H and O–H groups in total. The Morgan fingerprint density at radius 1 is 1.47 bits per heavy atom. The average molecular weight is 229 g/mol. The molecule has 0 saturated carbocycles. The lowest BCUT2D eigenvalue weighted by Crippen LogP contribution is -2.25. The maximum Gasteiger partial charge on any atom is 0.226 e. The molecule has 0 aliphatic heterocycles. The van der Waals surface area contributed by atoms with Gasteiger partial charge in [0.25, 0.3) is 0 Å². The molecule has 0 bridgehead atoms. The zero-order valence-electron chi connectivity index (χ0n) is 9.29. The van der Waals surface area contributed by atoms with Gasteiger partial charge in [-0.3, -0.25) is 0 Å². The topological polar surface area (TPSA) is 63.8 Å². The number of halogens is 1. The van der Waals surface area contributed by atoms with Gasteiger partial charge in [-0.25, -0.2) is 9.97 Å². The van der Waals surface area contributed by atoms with Crippen LogP contribution >= 0.6 is 11.6 Å². The van der Waals surface area contributed by atoms with Crippen molar-refractivity contribution in [2.45, 2.75) is 33.2 Å². The summed E-state index contributed by atoms with van der Waals surface area (Å²) in [5.74, 6) is 1.61. The lowest BCUT2D eigenvalue weighted by atomic mass is 10.0. The molecule has 0 spiro atoms. The van der Waals surface area contributed by atoms with Crippen LogP contribution in [0, 0.1) is 5.92 Å². The molecule has 15 heavy (non-hydrogen) atoms. The molecule has 0 aromatic carbocycles. The van der Waals surface area contributed by atoms with Crippen molar-refractivity contribution in [1.82, 2.24) is 9.97 Å². The molecule has 0 radical (unpaired) electrons. The van der Waals surface area contributed by atoms with Gasteiger partial charge in [0.05, 0.1) is 0 Å². The van der Waals surface area contributed by atoms with Crippen molar-refractivity contribution >= 4 is 23.2 Å². The minimum atomic E-state index is 0.177. The maximum absolute atomic E-state index is 5.71. The first-order valence-electron chi connectivity index (χ1n) is 5.09. The van der Waals surface area contributed by atoms with E-state index in [2.05, 4.69) is 36.1 Å². The molecule has 1 aromatic rings. The van der Waals surface area contributed by atoms with Crippen molar-refractivity contribution in [3.05, 3.63) is 11.3 Å². The Hall–Kier alpha value is -1.03. The predicted molar refractivity (Wildman–Crippen MR) is 64.0 cm³/mol. The first kappa shape index (κ1) is 12.0. The lowest BCUT2D eigenvalue weighted by Gasteiger charge is -2.21. The van der Waals surface area contributed by atoms with E-state index in [1.54, 1.807) is 6.07 Å². The maximum atomic E-state index is 5.71. The van der Waals surface area contributed by atoms with Crippen LogP contribution in [0.1, 0.15) is 27.2 Å². The van der Waals surface area contributed by atoms with Gasteiger partial charge in [-0.1, -0.05) is 20.8 Å². The third-order valence-electron chi connectivity index (χ3n) is 2.30. The first-order chi connectivity index (χ1) is 7.02. The van der Waals surface area contributed by atoms with Gasteiger partial charge in [-0.05, 0) is 23.9 Å². The van der Waals surface area contributed by atoms with Crippen LogP contribution in [0.15, 0.2) is 6.07 Å². The summed E-state index contributed by atoms with van der Waals surface area (Å²) in [7, 11) is 0. The van der Waals surface area contributed by atoms with Gasteiger partial charge < -0.3 is 11.1 Å². The highest BCUT2D eigenvalue weighted by Crippen LogP contribution is 2.16. The summed E-state index contributed by atoms with van der Waals surface area (Å²) in [6.07, 6.45) is 1.03. The molecule has 4 nitrogen and oxygen atoms in total. The highest BCUT2D eigenvalue weighted by atomic mass is 35.5. The van der Waals surface area contributed by atoms with Crippen molar-refractivity contribution in [2.24, 2.45) is 5.92 Å². The van der Waals surface area contributed by atoms with Gasteiger partial charge in [0.1, 0.15) is 11.6 Å². The Labute approximate surface area is 95.3 Å². The fourth-order valence-corrected chi connectivity index (χ4v) is 1.63. The number of anilines is 2. The summed E-state index contributed by atoms with van der Waals surface area (Å²) in [4.78, 5) is 7.87. The number of nitrogens with zero attached hydrogens (tertiary/aromatic N) is 2. The predicted octanol–water partition coefficient (Wildman–Crippen LogP) is 2.56. The molecule has 1 atom stereocenters. The molecule has 0 aliphatic rings. The second-order valence-electron chi connectivity index (χ2n) is 3.85. The summed E-state index contributed by atoms with van der Waals surface area (Å²) < 4.78 is 0. The first-order valence-corrected chi connectivity index (χ1v) is 5.47. The van der Waals surface area contributed by atoms with E-state index in [-0.39, 0.29) is 5.28 Å². The summed E-state index contributed by atoms with van der Waals surface area (Å²) in [5.41, 5.74) is 5.58. The van der Waals surface area contributed by atoms with Crippen molar-refractivity contribution < 1.29 is 0 Å². The van der Waals surface area contributed by atoms with E-state index >= 15 is 0 Å². The third-order valence-corrected chi connectivity index (χ3v) is 2.47. The van der Waals surface area contributed by atoms with Crippen LogP contribution in [-0.2, 0) is 0 Å². The SMILES string of the molecule is CCC(Nc1cc(N)nc(Cl)n1)C(C)C. The second kappa shape index (κ2) is 5.16. The zero-order valence-corrected chi connectivity index (χ0v) is 10.0. The molecule has 0 aliphatic carbocycles. The number of aromatic nitrogens is 2. The number of hydrogen-bond acceptors (Lipinski definition) is 4. The van der Waals surface area contributed by atoms with Crippen LogP contribution in [0.3, 0.4) is 0 Å². The largest absolute Gasteiger partial charge is 0.383 e. The molecule has 5 heteroatoms. The molecule has 0 fully saturated rings. The Morgan fingerprint density at radius 3 is 2.60 bits per heavy atom. The van der Waals surface area contributed by atoms with E-state index in [4.69, 9.17) is 17.3 Å². The number of nitrogens with two attached hydrogens (primary N) is 1. The summed E-state index contributed by atoms with van der Waals surface area (Å²) in [5, 5.41) is 3.47. The fourth-order valence-electron chi connectivity index (χ4n) is 1.44. The van der Waals surface area contributed by atoms with Crippen molar-refractivity contribution in [3.63, 3.8) is 0 Å². The molecule has 1 heterocycles. The number of rotatable bonds is 4. The molecule has 0 saturated heterocycles. The Kier molecular flexibility index (Phi) is 4.15. The number of nitrogens with one attached hydrogen (secondary N) is 1. The van der Waals surface area contributed by atoms with Gasteiger partial charge in [-0.15, -0.1) is 0 Å². The van der Waals surface area contributed by atoms with Crippen LogP contribution < -0.4 is 11.1 Å². The molecule has 1 rings (SSSR count). The van der Waals surface area contributed by atoms with Crippen LogP contribution in [0.5, 0.6) is 0 Å². The van der Waals surface area contributed by atoms with Crippen molar-refractivity contribution in [1.29, 1.82) is 0 Å². The smallest absolute Gasteiger partial charge is 0.226 e. The molecular formula is C10H17ClN4. The Morgan fingerprint density at radius 2 is 2.13 bits per heavy atom. The van der Waals surface area contributed by atoms with E-state index in [1.807, 2.05) is 0 Å². The fraction of sp³-hybridized carbons (Fsp3) is 0.600. The standard InChI is InChI=1S/C10H17ClN4/c1-4-7(6(2)3)13-9-5-8(12)14-10(11)15-9/h5-7H,4H2,1-3H3,(H3,12,13,14,15). The van der Waals surface area contributed by atoms with Gasteiger partial charge in [0, 0.05) is 12.1 Å². The highest BCUT2D eigenvalue weighted by Gasteiger charge is 2.11. The van der Waals surface area contributed by atoms with Gasteiger partial charge >= 0.3 is 0 Å². The van der Waals surface area contributed by atoms with Gasteiger partial charge in [-0.2, -0.15) is 0 Å². The normalized spacial score (nSPS) is 12.9. The van der Waals surface area contributed by atoms with E-state index < -0.39 is 0 Å². The van der Waals surface area contributed by atoms with Crippen molar-refractivity contribution in [3.8, 4) is 0 Å². The molecule has 84 valence electrons. The summed E-state index contributed by atoms with van der Waals surface area (Å²) in [6, 6.07) is 2.06. The van der Waals surface area contributed by atoms with E-state index in [0.717, 1.165) is 6.42 Å². The monoisotopic (exact) mass is 228 g/mol. The third kappa shape index (κ3) is 3.55.